The van der Waals surface area contributed by atoms with Gasteiger partial charge in [-0.3, -0.25) is 29.3 Å². The number of carbonyl (C=O) groups excluding carboxylic acids is 4. The van der Waals surface area contributed by atoms with Gasteiger partial charge in [0.2, 0.25) is 0 Å². The molecule has 20 rings (SSSR count). The molecule has 23 heteroatoms. The summed E-state index contributed by atoms with van der Waals surface area (Å²) in [7, 11) is 3.99. The van der Waals surface area contributed by atoms with Gasteiger partial charge in [-0.25, -0.2) is 0 Å². The van der Waals surface area contributed by atoms with Gasteiger partial charge in [-0.15, -0.1) is 0 Å². The summed E-state index contributed by atoms with van der Waals surface area (Å²) in [5, 5.41) is 28.3. The monoisotopic (exact) mass is 1730 g/mol. The molecule has 8 heterocycles. The van der Waals surface area contributed by atoms with Crippen molar-refractivity contribution in [2.45, 2.75) is 49.9 Å². The second-order valence-corrected chi connectivity index (χ2v) is 33.2. The molecule has 0 spiro atoms. The van der Waals surface area contributed by atoms with Gasteiger partial charge in [0.25, 0.3) is 29.3 Å². The highest BCUT2D eigenvalue weighted by Gasteiger charge is 2.40. The number of hydrogen-bond donors (Lipinski definition) is 4. The van der Waals surface area contributed by atoms with E-state index in [0.717, 1.165) is 98.5 Å². The van der Waals surface area contributed by atoms with E-state index in [2.05, 4.69) is 74.5 Å². The van der Waals surface area contributed by atoms with Crippen molar-refractivity contribution in [2.75, 3.05) is 45.2 Å². The van der Waals surface area contributed by atoms with E-state index in [1.54, 1.807) is 42.5 Å². The van der Waals surface area contributed by atoms with Crippen molar-refractivity contribution in [3.63, 3.8) is 0 Å². The van der Waals surface area contributed by atoms with Crippen LogP contribution < -0.4 is 4.90 Å². The largest absolute Gasteiger partial charge is 0.378 e. The average molecular weight is 1730 g/mol. The molecule has 16 aromatic rings. The Hall–Kier alpha value is -12.9. The Morgan fingerprint density at radius 2 is 0.631 bits per heavy atom. The van der Waals surface area contributed by atoms with Crippen LogP contribution in [0.1, 0.15) is 138 Å². The number of amides is 4. The van der Waals surface area contributed by atoms with E-state index < -0.39 is 4.92 Å². The summed E-state index contributed by atoms with van der Waals surface area (Å²) in [6.45, 7) is 2.41. The minimum absolute atomic E-state index is 0.0366. The maximum absolute atomic E-state index is 13.6. The van der Waals surface area contributed by atoms with E-state index in [0.29, 0.717) is 84.1 Å². The number of anilines is 1. The number of carbonyl (C=O) groups is 4. The standard InChI is InChI=1S/C26H24ClN3O.C25H18ClN3O.C24H17Cl3N2O.C24H18ClN3O3/c1-29(2)20-13-9-18(10-14-20)26(31)30-16-15-22-21-5-3-4-6-23(21)28-24(22)25(30)17-7-11-19(27)12-8-17;26-19-11-9-17(10-12-19)24-23-21(20-3-1-2-4-22(20)28-23)13-14-29(24)25(30)18-7-5-16(15-27)6-8-18;25-16-8-5-14(6-9-16)23-22-18(17-3-1-2-4-21(17)28-22)11-12-29(23)24(30)15-7-10-19(26)20(27)13-15;25-17-9-5-15(6-10-17)23-22-20(19-3-1-2-4-21(19)26-22)13-14-27(23)24(29)16-7-11-18(12-8-16)28(30)31/h3-14,25,28H,15-16H2,1-2H3;1-12,24,28H,13-14H2;1-10,13,23,28H,11-12H2;1-12,23,26H,13-14H2. The molecule has 4 aromatic heterocycles. The van der Waals surface area contributed by atoms with Crippen LogP contribution >= 0.6 is 69.6 Å². The zero-order chi connectivity index (χ0) is 84.6. The van der Waals surface area contributed by atoms with E-state index in [9.17, 15) is 29.3 Å². The van der Waals surface area contributed by atoms with Crippen LogP contribution in [0.5, 0.6) is 0 Å². The number of aromatic nitrogens is 4. The van der Waals surface area contributed by atoms with E-state index >= 15 is 0 Å². The first kappa shape index (κ1) is 81.5. The number of fused-ring (bicyclic) bond motifs is 12. The minimum Gasteiger partial charge on any atom is -0.378 e. The number of nitrogens with zero attached hydrogens (tertiary/aromatic N) is 7. The molecule has 122 heavy (non-hydrogen) atoms. The highest BCUT2D eigenvalue weighted by Crippen LogP contribution is 2.45. The van der Waals surface area contributed by atoms with Crippen molar-refractivity contribution >= 4 is 148 Å². The number of nitrogens with one attached hydrogen (secondary N) is 4. The molecule has 0 fully saturated rings. The van der Waals surface area contributed by atoms with Gasteiger partial charge < -0.3 is 44.4 Å². The quantitative estimate of drug-likeness (QED) is 0.0761. The van der Waals surface area contributed by atoms with Crippen molar-refractivity contribution in [1.82, 2.24) is 39.5 Å². The molecule has 4 N–H and O–H groups in total. The predicted octanol–water partition coefficient (Wildman–Crippen LogP) is 23.6. The van der Waals surface area contributed by atoms with Crippen LogP contribution in [0.2, 0.25) is 30.1 Å². The van der Waals surface area contributed by atoms with Crippen LogP contribution in [0.3, 0.4) is 0 Å². The topological polar surface area (TPSA) is 215 Å². The smallest absolute Gasteiger partial charge is 0.269 e. The van der Waals surface area contributed by atoms with Gasteiger partial charge in [0.15, 0.2) is 0 Å². The molecular formula is C99H77Cl6N11O6. The molecule has 4 aliphatic rings. The zero-order valence-electron chi connectivity index (χ0n) is 65.9. The van der Waals surface area contributed by atoms with Crippen LogP contribution in [-0.4, -0.2) is 108 Å². The minimum atomic E-state index is -0.470. The maximum Gasteiger partial charge on any atom is 0.269 e. The Labute approximate surface area is 733 Å². The molecule has 4 atom stereocenters. The van der Waals surface area contributed by atoms with E-state index in [1.165, 1.54) is 68.1 Å². The van der Waals surface area contributed by atoms with Gasteiger partial charge in [-0.05, 0) is 222 Å². The molecule has 0 bridgehead atoms. The summed E-state index contributed by atoms with van der Waals surface area (Å²) >= 11 is 36.7. The summed E-state index contributed by atoms with van der Waals surface area (Å²) < 4.78 is 0. The number of nitro benzene ring substituents is 1. The van der Waals surface area contributed by atoms with Gasteiger partial charge >= 0.3 is 0 Å². The molecule has 0 radical (unpaired) electrons. The van der Waals surface area contributed by atoms with Gasteiger partial charge in [-0.1, -0.05) is 191 Å². The molecule has 17 nitrogen and oxygen atoms in total. The van der Waals surface area contributed by atoms with Gasteiger partial charge in [0.05, 0.1) is 50.8 Å². The number of H-pyrrole nitrogens is 4. The lowest BCUT2D eigenvalue weighted by Gasteiger charge is -2.36. The second-order valence-electron chi connectivity index (χ2n) is 30.6. The highest BCUT2D eigenvalue weighted by atomic mass is 35.5. The van der Waals surface area contributed by atoms with Crippen LogP contribution in [-0.2, 0) is 25.7 Å². The molecule has 0 saturated heterocycles. The number of nitriles is 1. The van der Waals surface area contributed by atoms with Crippen molar-refractivity contribution in [3.05, 3.63) is 420 Å². The summed E-state index contributed by atoms with van der Waals surface area (Å²) in [5.74, 6) is -0.268. The van der Waals surface area contributed by atoms with E-state index in [1.807, 2.05) is 208 Å². The normalized spacial score (nSPS) is 15.7. The van der Waals surface area contributed by atoms with E-state index in [-0.39, 0.29) is 53.5 Å². The Balaban J connectivity index is 0.000000116. The Morgan fingerprint density at radius 1 is 0.361 bits per heavy atom. The fourth-order valence-electron chi connectivity index (χ4n) is 17.4. The fourth-order valence-corrected chi connectivity index (χ4v) is 18.2. The number of para-hydroxylation sites is 4. The van der Waals surface area contributed by atoms with Crippen LogP contribution in [0.15, 0.2) is 285 Å². The van der Waals surface area contributed by atoms with Crippen molar-refractivity contribution in [2.24, 2.45) is 0 Å². The first-order valence-electron chi connectivity index (χ1n) is 39.8. The first-order chi connectivity index (χ1) is 59.2. The van der Waals surface area contributed by atoms with Crippen molar-refractivity contribution in [3.8, 4) is 6.07 Å². The number of aromatic amines is 4. The first-order valence-corrected chi connectivity index (χ1v) is 42.1. The third kappa shape index (κ3) is 16.3. The Kier molecular flexibility index (Phi) is 23.4. The third-order valence-electron chi connectivity index (χ3n) is 23.3. The third-order valence-corrected chi connectivity index (χ3v) is 25.1. The Bertz CT molecular complexity index is 6700. The lowest BCUT2D eigenvalue weighted by Crippen LogP contribution is -2.40. The van der Waals surface area contributed by atoms with Crippen LogP contribution in [0, 0.1) is 21.4 Å². The number of non-ortho nitro benzene ring substituents is 1. The average Bonchev–Trinajstić information content (AvgIpc) is 1.59. The molecule has 4 amide bonds. The number of benzene rings is 12. The van der Waals surface area contributed by atoms with Crippen LogP contribution in [0.4, 0.5) is 11.4 Å². The summed E-state index contributed by atoms with van der Waals surface area (Å²) in [4.78, 5) is 88.5. The number of rotatable bonds is 10. The number of hydrogen-bond acceptors (Lipinski definition) is 8. The van der Waals surface area contributed by atoms with E-state index in [4.69, 9.17) is 74.9 Å². The predicted molar refractivity (Wildman–Crippen MR) is 487 cm³/mol. The second kappa shape index (κ2) is 35.1. The molecule has 4 unspecified atom stereocenters. The maximum atomic E-state index is 13.6. The molecule has 4 aliphatic heterocycles. The SMILES string of the molecule is CN(C)c1ccc(C(=O)N2CCc3c([nH]c4ccccc34)C2c2ccc(Cl)cc2)cc1.N#Cc1ccc(C(=O)N2CCc3c([nH]c4ccccc34)C2c2ccc(Cl)cc2)cc1.O=C(c1ccc(Cl)c(Cl)c1)N1CCc2c([nH]c3ccccc23)C1c1ccc(Cl)cc1.O=C(c1ccc([N+](=O)[O-])cc1)N1CCc2c([nH]c3ccccc23)C1c1ccc(Cl)cc1. The molecular weight excluding hydrogens is 1650 g/mol. The van der Waals surface area contributed by atoms with Crippen LogP contribution in [0.25, 0.3) is 43.6 Å². The summed E-state index contributed by atoms with van der Waals surface area (Å²) in [6, 6.07) is 90.2. The summed E-state index contributed by atoms with van der Waals surface area (Å²) in [5.41, 5.74) is 21.3. The van der Waals surface area contributed by atoms with Gasteiger partial charge in [-0.2, -0.15) is 5.26 Å². The van der Waals surface area contributed by atoms with Gasteiger partial charge in [0.1, 0.15) is 0 Å². The van der Waals surface area contributed by atoms with Crippen molar-refractivity contribution < 1.29 is 24.1 Å². The molecule has 0 aliphatic carbocycles. The highest BCUT2D eigenvalue weighted by molar-refractivity contribution is 6.42. The lowest BCUT2D eigenvalue weighted by atomic mass is 9.91. The molecule has 0 saturated carbocycles. The van der Waals surface area contributed by atoms with Crippen molar-refractivity contribution in [1.29, 1.82) is 5.26 Å². The molecule has 12 aromatic carbocycles. The zero-order valence-corrected chi connectivity index (χ0v) is 70.5. The molecule has 606 valence electrons. The lowest BCUT2D eigenvalue weighted by molar-refractivity contribution is -0.384. The fraction of sp³-hybridized carbons (Fsp3) is 0.141. The number of nitro groups is 1. The van der Waals surface area contributed by atoms with Gasteiger partial charge in [0, 0.05) is 167 Å². The summed E-state index contributed by atoms with van der Waals surface area (Å²) in [6.07, 6.45) is 3.11. The Morgan fingerprint density at radius 3 is 0.910 bits per heavy atom. The number of halogens is 6.